The van der Waals surface area contributed by atoms with Gasteiger partial charge in [0.05, 0.1) is 17.8 Å². The Kier molecular flexibility index (Phi) is 3.55. The number of aromatic nitrogens is 2. The normalized spacial score (nSPS) is 9.79. The van der Waals surface area contributed by atoms with E-state index in [1.54, 1.807) is 0 Å². The standard InChI is InChI=1S/C11H8N6OS/c12-1-5-17(6-2-13)11(18)9-7(14)8-10(19-9)16-4-3-15-8/h3-4H,5-6,14H2. The molecule has 7 nitrogen and oxygen atoms in total. The van der Waals surface area contributed by atoms with Gasteiger partial charge in [0.25, 0.3) is 5.91 Å². The summed E-state index contributed by atoms with van der Waals surface area (Å²) in [5.41, 5.74) is 6.56. The van der Waals surface area contributed by atoms with Crippen LogP contribution in [0.2, 0.25) is 0 Å². The van der Waals surface area contributed by atoms with E-state index in [0.29, 0.717) is 10.3 Å². The molecule has 0 aliphatic carbocycles. The van der Waals surface area contributed by atoms with Crippen LogP contribution in [-0.4, -0.2) is 33.9 Å². The lowest BCUT2D eigenvalue weighted by Crippen LogP contribution is -2.31. The minimum absolute atomic E-state index is 0.166. The predicted molar refractivity (Wildman–Crippen MR) is 69.0 cm³/mol. The van der Waals surface area contributed by atoms with E-state index < -0.39 is 5.91 Å². The zero-order valence-corrected chi connectivity index (χ0v) is 10.5. The molecule has 0 aromatic carbocycles. The third-order valence-electron chi connectivity index (χ3n) is 2.37. The molecule has 0 aliphatic rings. The van der Waals surface area contributed by atoms with Crippen molar-refractivity contribution in [1.29, 1.82) is 10.5 Å². The molecule has 0 radical (unpaired) electrons. The molecule has 2 aromatic rings. The average molecular weight is 272 g/mol. The summed E-state index contributed by atoms with van der Waals surface area (Å²) in [6.07, 6.45) is 3.00. The van der Waals surface area contributed by atoms with Gasteiger partial charge in [0.2, 0.25) is 0 Å². The highest BCUT2D eigenvalue weighted by Crippen LogP contribution is 2.31. The van der Waals surface area contributed by atoms with Gasteiger partial charge in [0.1, 0.15) is 28.3 Å². The first kappa shape index (κ1) is 12.7. The highest BCUT2D eigenvalue weighted by molar-refractivity contribution is 7.21. The maximum Gasteiger partial charge on any atom is 0.267 e. The van der Waals surface area contributed by atoms with Crippen LogP contribution in [0, 0.1) is 22.7 Å². The molecule has 94 valence electrons. The van der Waals surface area contributed by atoms with Gasteiger partial charge in [-0.25, -0.2) is 9.97 Å². The van der Waals surface area contributed by atoms with Crippen molar-refractivity contribution >= 4 is 33.3 Å². The molecular weight excluding hydrogens is 264 g/mol. The molecule has 2 heterocycles. The van der Waals surface area contributed by atoms with Crippen molar-refractivity contribution in [2.75, 3.05) is 18.8 Å². The van der Waals surface area contributed by atoms with Crippen LogP contribution >= 0.6 is 11.3 Å². The molecule has 19 heavy (non-hydrogen) atoms. The number of hydrogen-bond donors (Lipinski definition) is 1. The summed E-state index contributed by atoms with van der Waals surface area (Å²) in [6.45, 7) is -0.331. The number of rotatable bonds is 3. The van der Waals surface area contributed by atoms with E-state index in [1.165, 1.54) is 12.4 Å². The topological polar surface area (TPSA) is 120 Å². The van der Waals surface area contributed by atoms with Crippen molar-refractivity contribution in [3.05, 3.63) is 17.3 Å². The predicted octanol–water partition coefficient (Wildman–Crippen LogP) is 0.763. The van der Waals surface area contributed by atoms with Crippen LogP contribution in [0.1, 0.15) is 9.67 Å². The van der Waals surface area contributed by atoms with Crippen molar-refractivity contribution in [2.45, 2.75) is 0 Å². The second-order valence-electron chi connectivity index (χ2n) is 3.53. The molecule has 0 fully saturated rings. The fraction of sp³-hybridized carbons (Fsp3) is 0.182. The molecule has 8 heteroatoms. The zero-order valence-electron chi connectivity index (χ0n) is 9.70. The minimum Gasteiger partial charge on any atom is -0.396 e. The first-order valence-electron chi connectivity index (χ1n) is 5.21. The number of nitriles is 2. The van der Waals surface area contributed by atoms with Gasteiger partial charge in [-0.15, -0.1) is 11.3 Å². The molecule has 0 bridgehead atoms. The van der Waals surface area contributed by atoms with E-state index >= 15 is 0 Å². The highest BCUT2D eigenvalue weighted by Gasteiger charge is 2.22. The van der Waals surface area contributed by atoms with Crippen LogP contribution in [0.5, 0.6) is 0 Å². The van der Waals surface area contributed by atoms with Gasteiger partial charge in [-0.1, -0.05) is 0 Å². The van der Waals surface area contributed by atoms with Crippen molar-refractivity contribution in [3.63, 3.8) is 0 Å². The number of nitrogens with two attached hydrogens (primary N) is 1. The van der Waals surface area contributed by atoms with E-state index in [4.69, 9.17) is 16.3 Å². The average Bonchev–Trinajstić information content (AvgIpc) is 2.76. The van der Waals surface area contributed by atoms with Crippen molar-refractivity contribution in [3.8, 4) is 12.1 Å². The van der Waals surface area contributed by atoms with Gasteiger partial charge in [-0.3, -0.25) is 4.79 Å². The third-order valence-corrected chi connectivity index (χ3v) is 3.46. The summed E-state index contributed by atoms with van der Waals surface area (Å²) in [5.74, 6) is -0.453. The van der Waals surface area contributed by atoms with Crippen molar-refractivity contribution in [2.24, 2.45) is 0 Å². The smallest absolute Gasteiger partial charge is 0.267 e. The molecule has 2 N–H and O–H groups in total. The van der Waals surface area contributed by atoms with Crippen molar-refractivity contribution < 1.29 is 4.79 Å². The van der Waals surface area contributed by atoms with Crippen LogP contribution in [0.4, 0.5) is 5.69 Å². The van der Waals surface area contributed by atoms with Gasteiger partial charge in [-0.05, 0) is 0 Å². The molecule has 2 aromatic heterocycles. The lowest BCUT2D eigenvalue weighted by molar-refractivity contribution is 0.0800. The van der Waals surface area contributed by atoms with Gasteiger partial charge in [-0.2, -0.15) is 10.5 Å². The second kappa shape index (κ2) is 5.29. The van der Waals surface area contributed by atoms with E-state index in [0.717, 1.165) is 16.2 Å². The number of nitrogens with zero attached hydrogens (tertiary/aromatic N) is 5. The molecule has 0 saturated heterocycles. The summed E-state index contributed by atoms with van der Waals surface area (Å²) in [7, 11) is 0. The van der Waals surface area contributed by atoms with Gasteiger partial charge in [0.15, 0.2) is 0 Å². The second-order valence-corrected chi connectivity index (χ2v) is 4.53. The number of nitrogen functional groups attached to an aromatic ring is 1. The summed E-state index contributed by atoms with van der Waals surface area (Å²) in [4.78, 5) is 22.3. The number of anilines is 1. The van der Waals surface area contributed by atoms with Gasteiger partial charge >= 0.3 is 0 Å². The molecule has 0 spiro atoms. The Balaban J connectivity index is 2.44. The Morgan fingerprint density at radius 2 is 1.95 bits per heavy atom. The lowest BCUT2D eigenvalue weighted by atomic mass is 10.3. The Bertz CT molecular complexity index is 694. The quantitative estimate of drug-likeness (QED) is 0.824. The SMILES string of the molecule is N#CCN(CC#N)C(=O)c1sc2nccnc2c1N. The summed E-state index contributed by atoms with van der Waals surface area (Å²) >= 11 is 1.10. The summed E-state index contributed by atoms with van der Waals surface area (Å²) in [6, 6.07) is 3.69. The van der Waals surface area contributed by atoms with E-state index in [1.807, 2.05) is 12.1 Å². The third kappa shape index (κ3) is 2.30. The molecule has 0 unspecified atom stereocenters. The Morgan fingerprint density at radius 1 is 1.32 bits per heavy atom. The zero-order chi connectivity index (χ0) is 13.8. The fourth-order valence-electron chi connectivity index (χ4n) is 1.52. The maximum atomic E-state index is 12.2. The molecule has 0 atom stereocenters. The number of carbonyl (C=O) groups excluding carboxylic acids is 1. The van der Waals surface area contributed by atoms with Gasteiger partial charge < -0.3 is 10.6 Å². The Morgan fingerprint density at radius 3 is 2.53 bits per heavy atom. The van der Waals surface area contributed by atoms with Crippen LogP contribution in [-0.2, 0) is 0 Å². The first-order valence-corrected chi connectivity index (χ1v) is 6.02. The summed E-state index contributed by atoms with van der Waals surface area (Å²) < 4.78 is 0. The first-order chi connectivity index (χ1) is 9.19. The van der Waals surface area contributed by atoms with E-state index in [9.17, 15) is 4.79 Å². The lowest BCUT2D eigenvalue weighted by Gasteiger charge is -2.14. The largest absolute Gasteiger partial charge is 0.396 e. The van der Waals surface area contributed by atoms with Crippen LogP contribution in [0.3, 0.4) is 0 Å². The van der Waals surface area contributed by atoms with Crippen molar-refractivity contribution in [1.82, 2.24) is 14.9 Å². The minimum atomic E-state index is -0.453. The van der Waals surface area contributed by atoms with Crippen LogP contribution < -0.4 is 5.73 Å². The summed E-state index contributed by atoms with van der Waals surface area (Å²) in [5, 5.41) is 17.3. The number of hydrogen-bond acceptors (Lipinski definition) is 7. The van der Waals surface area contributed by atoms with Crippen LogP contribution in [0.25, 0.3) is 10.3 Å². The molecule has 2 rings (SSSR count). The Labute approximate surface area is 112 Å². The van der Waals surface area contributed by atoms with Crippen LogP contribution in [0.15, 0.2) is 12.4 Å². The highest BCUT2D eigenvalue weighted by atomic mass is 32.1. The van der Waals surface area contributed by atoms with Gasteiger partial charge in [0, 0.05) is 12.4 Å². The molecule has 1 amide bonds. The number of thiophene rings is 1. The maximum absolute atomic E-state index is 12.2. The van der Waals surface area contributed by atoms with E-state index in [-0.39, 0.29) is 23.7 Å². The fourth-order valence-corrected chi connectivity index (χ4v) is 2.51. The monoisotopic (exact) mass is 272 g/mol. The number of fused-ring (bicyclic) bond motifs is 1. The molecule has 0 saturated carbocycles. The molecular formula is C11H8N6OS. The number of carbonyl (C=O) groups is 1. The Hall–Kier alpha value is -2.71. The molecule has 0 aliphatic heterocycles. The number of amides is 1. The van der Waals surface area contributed by atoms with E-state index in [2.05, 4.69) is 9.97 Å².